The van der Waals surface area contributed by atoms with E-state index >= 15 is 0 Å². The fourth-order valence-corrected chi connectivity index (χ4v) is 5.41. The molecule has 0 aromatic heterocycles. The summed E-state index contributed by atoms with van der Waals surface area (Å²) in [5, 5.41) is 15.5. The van der Waals surface area contributed by atoms with E-state index in [4.69, 9.17) is 4.74 Å². The number of hydrogen-bond donors (Lipinski definition) is 3. The van der Waals surface area contributed by atoms with Crippen molar-refractivity contribution >= 4 is 35.5 Å². The number of aliphatic hydroxyl groups excluding tert-OH is 1. The first-order valence-corrected chi connectivity index (χ1v) is 14.9. The Morgan fingerprint density at radius 2 is 1.60 bits per heavy atom. The van der Waals surface area contributed by atoms with E-state index in [-0.39, 0.29) is 37.8 Å². The third kappa shape index (κ3) is 8.42. The Morgan fingerprint density at radius 3 is 2.17 bits per heavy atom. The smallest absolute Gasteiger partial charge is 0.308 e. The minimum atomic E-state index is -1.32. The lowest BCUT2D eigenvalue weighted by atomic mass is 9.94. The molecule has 2 rings (SSSR count). The first-order valence-electron chi connectivity index (χ1n) is 14.9. The van der Waals surface area contributed by atoms with E-state index in [1.54, 1.807) is 20.8 Å². The highest BCUT2D eigenvalue weighted by atomic mass is 16.5. The maximum Gasteiger partial charge on any atom is 0.308 e. The molecule has 13 heteroatoms. The first-order chi connectivity index (χ1) is 19.6. The van der Waals surface area contributed by atoms with Crippen LogP contribution in [-0.4, -0.2) is 119 Å². The number of rotatable bonds is 5. The summed E-state index contributed by atoms with van der Waals surface area (Å²) in [5.74, 6) is -3.88. The summed E-state index contributed by atoms with van der Waals surface area (Å²) < 4.78 is 5.43. The van der Waals surface area contributed by atoms with Crippen molar-refractivity contribution in [1.82, 2.24) is 25.3 Å². The second kappa shape index (κ2) is 15.3. The SMILES string of the molecule is CCC(C)C1NC(=O)C2CCCN2C(=O)C(CC(C)O)OC(=O)CCNC(=O)C(C)N(C)C(=O)C(C(C)C)N(C)C1=O. The molecule has 238 valence electrons. The van der Waals surface area contributed by atoms with Crippen LogP contribution in [0.25, 0.3) is 0 Å². The highest BCUT2D eigenvalue weighted by molar-refractivity contribution is 5.96. The third-order valence-corrected chi connectivity index (χ3v) is 8.31. The van der Waals surface area contributed by atoms with Gasteiger partial charge < -0.3 is 35.2 Å². The second-order valence-electron chi connectivity index (χ2n) is 11.9. The molecule has 0 radical (unpaired) electrons. The molecule has 2 heterocycles. The van der Waals surface area contributed by atoms with Crippen LogP contribution >= 0.6 is 0 Å². The standard InChI is InChI=1S/C29H49N5O8/c1-9-17(4)23-28(40)33(8)24(16(2)3)29(41)32(7)19(6)25(37)30-13-12-22(36)42-21(15-18(5)35)27(39)34-14-10-11-20(34)26(38)31-23/h16-21,23-24,35H,9-15H2,1-8H3,(H,30,37)(H,31,38). The van der Waals surface area contributed by atoms with Gasteiger partial charge in [0.25, 0.3) is 5.91 Å². The topological polar surface area (TPSA) is 166 Å². The number of fused-ring (bicyclic) bond motifs is 1. The van der Waals surface area contributed by atoms with Crippen molar-refractivity contribution in [3.8, 4) is 0 Å². The fraction of sp³-hybridized carbons (Fsp3) is 0.793. The van der Waals surface area contributed by atoms with Crippen molar-refractivity contribution < 1.29 is 38.6 Å². The molecule has 13 nitrogen and oxygen atoms in total. The number of carbonyl (C=O) groups is 6. The van der Waals surface area contributed by atoms with E-state index in [1.807, 2.05) is 13.8 Å². The molecule has 3 N–H and O–H groups in total. The minimum absolute atomic E-state index is 0.100. The molecule has 42 heavy (non-hydrogen) atoms. The molecule has 7 unspecified atom stereocenters. The van der Waals surface area contributed by atoms with Crippen molar-refractivity contribution in [3.05, 3.63) is 0 Å². The van der Waals surface area contributed by atoms with Gasteiger partial charge in [0, 0.05) is 33.6 Å². The zero-order chi connectivity index (χ0) is 31.9. The molecule has 0 spiro atoms. The Morgan fingerprint density at radius 1 is 0.952 bits per heavy atom. The molecule has 0 saturated carbocycles. The summed E-state index contributed by atoms with van der Waals surface area (Å²) in [6.07, 6.45) is -1.26. The van der Waals surface area contributed by atoms with E-state index in [1.165, 1.54) is 35.7 Å². The van der Waals surface area contributed by atoms with E-state index < -0.39 is 71.9 Å². The predicted molar refractivity (Wildman–Crippen MR) is 154 cm³/mol. The van der Waals surface area contributed by atoms with Gasteiger partial charge in [-0.2, -0.15) is 0 Å². The van der Waals surface area contributed by atoms with Gasteiger partial charge in [-0.05, 0) is 38.5 Å². The van der Waals surface area contributed by atoms with Crippen molar-refractivity contribution in [2.75, 3.05) is 27.2 Å². The number of cyclic esters (lactones) is 1. The highest BCUT2D eigenvalue weighted by Gasteiger charge is 2.43. The van der Waals surface area contributed by atoms with Crippen molar-refractivity contribution in [2.24, 2.45) is 11.8 Å². The van der Waals surface area contributed by atoms with E-state index in [0.717, 1.165) is 0 Å². The monoisotopic (exact) mass is 595 g/mol. The maximum absolute atomic E-state index is 13.9. The molecule has 0 bridgehead atoms. The molecule has 0 aromatic carbocycles. The van der Waals surface area contributed by atoms with Gasteiger partial charge in [-0.15, -0.1) is 0 Å². The van der Waals surface area contributed by atoms with Crippen molar-refractivity contribution in [2.45, 2.75) is 110 Å². The summed E-state index contributed by atoms with van der Waals surface area (Å²) in [7, 11) is 2.99. The predicted octanol–water partition coefficient (Wildman–Crippen LogP) is 0.0408. The van der Waals surface area contributed by atoms with Crippen LogP contribution in [0.5, 0.6) is 0 Å². The first kappa shape index (κ1) is 35.0. The van der Waals surface area contributed by atoms with Gasteiger partial charge in [-0.25, -0.2) is 0 Å². The summed E-state index contributed by atoms with van der Waals surface area (Å²) in [6, 6.07) is -3.70. The van der Waals surface area contributed by atoms with Crippen molar-refractivity contribution in [3.63, 3.8) is 0 Å². The lowest BCUT2D eigenvalue weighted by molar-refractivity contribution is -0.163. The van der Waals surface area contributed by atoms with Gasteiger partial charge in [0.1, 0.15) is 24.2 Å². The molecule has 2 aliphatic rings. The summed E-state index contributed by atoms with van der Waals surface area (Å²) in [6.45, 7) is 10.5. The molecule has 0 aromatic rings. The molecular formula is C29H49N5O8. The van der Waals surface area contributed by atoms with Crippen LogP contribution < -0.4 is 10.6 Å². The molecular weight excluding hydrogens is 546 g/mol. The maximum atomic E-state index is 13.9. The summed E-state index contributed by atoms with van der Waals surface area (Å²) in [5.41, 5.74) is 0. The zero-order valence-electron chi connectivity index (χ0n) is 26.2. The number of ether oxygens (including phenoxy) is 1. The molecule has 2 saturated heterocycles. The number of amides is 5. The van der Waals surface area contributed by atoms with Gasteiger partial charge in [-0.1, -0.05) is 34.1 Å². The Balaban J connectivity index is 2.54. The van der Waals surface area contributed by atoms with Crippen molar-refractivity contribution in [1.29, 1.82) is 0 Å². The van der Waals surface area contributed by atoms with Crippen LogP contribution in [0.15, 0.2) is 0 Å². The van der Waals surface area contributed by atoms with Crippen LogP contribution in [0.4, 0.5) is 0 Å². The van der Waals surface area contributed by atoms with Gasteiger partial charge in [0.05, 0.1) is 12.5 Å². The van der Waals surface area contributed by atoms with Crippen LogP contribution in [0.2, 0.25) is 0 Å². The summed E-state index contributed by atoms with van der Waals surface area (Å²) in [4.78, 5) is 84.1. The Bertz CT molecular complexity index is 1020. The van der Waals surface area contributed by atoms with Crippen LogP contribution in [0, 0.1) is 11.8 Å². The Hall–Kier alpha value is -3.22. The molecule has 5 amide bonds. The largest absolute Gasteiger partial charge is 0.452 e. The number of carbonyl (C=O) groups excluding carboxylic acids is 6. The lowest BCUT2D eigenvalue weighted by Gasteiger charge is -2.38. The number of nitrogens with one attached hydrogen (secondary N) is 2. The van der Waals surface area contributed by atoms with E-state index in [2.05, 4.69) is 10.6 Å². The number of esters is 1. The van der Waals surface area contributed by atoms with E-state index in [0.29, 0.717) is 19.3 Å². The average molecular weight is 596 g/mol. The average Bonchev–Trinajstić information content (AvgIpc) is 3.42. The van der Waals surface area contributed by atoms with Gasteiger partial charge in [0.15, 0.2) is 6.10 Å². The second-order valence-corrected chi connectivity index (χ2v) is 11.9. The normalized spacial score (nSPS) is 29.3. The third-order valence-electron chi connectivity index (χ3n) is 8.31. The number of nitrogens with zero attached hydrogens (tertiary/aromatic N) is 3. The van der Waals surface area contributed by atoms with Gasteiger partial charge in [0.2, 0.25) is 23.6 Å². The Kier molecular flexibility index (Phi) is 12.7. The fourth-order valence-electron chi connectivity index (χ4n) is 5.41. The van der Waals surface area contributed by atoms with Gasteiger partial charge in [-0.3, -0.25) is 28.8 Å². The van der Waals surface area contributed by atoms with Crippen LogP contribution in [-0.2, 0) is 33.5 Å². The minimum Gasteiger partial charge on any atom is -0.452 e. The lowest BCUT2D eigenvalue weighted by Crippen LogP contribution is -2.60. The van der Waals surface area contributed by atoms with Crippen LogP contribution in [0.1, 0.15) is 73.6 Å². The zero-order valence-corrected chi connectivity index (χ0v) is 26.2. The molecule has 0 aliphatic carbocycles. The summed E-state index contributed by atoms with van der Waals surface area (Å²) >= 11 is 0. The number of aliphatic hydroxyl groups is 1. The highest BCUT2D eigenvalue weighted by Crippen LogP contribution is 2.23. The molecule has 2 aliphatic heterocycles. The Labute approximate surface area is 248 Å². The molecule has 2 fully saturated rings. The van der Waals surface area contributed by atoms with Crippen LogP contribution in [0.3, 0.4) is 0 Å². The molecule has 7 atom stereocenters. The van der Waals surface area contributed by atoms with E-state index in [9.17, 15) is 33.9 Å². The van der Waals surface area contributed by atoms with Gasteiger partial charge >= 0.3 is 5.97 Å². The number of likely N-dealkylation sites (N-methyl/N-ethyl adjacent to an activating group) is 2. The quantitative estimate of drug-likeness (QED) is 0.375. The number of hydrogen-bond acceptors (Lipinski definition) is 8.